The lowest BCUT2D eigenvalue weighted by Crippen LogP contribution is -3.13. The minimum absolute atomic E-state index is 0. The van der Waals surface area contributed by atoms with Crippen LogP contribution in [-0.2, 0) is 0 Å². The van der Waals surface area contributed by atoms with E-state index in [1.807, 2.05) is 13.8 Å². The molecule has 0 bridgehead atoms. The minimum atomic E-state index is -0.201. The second-order valence-electron chi connectivity index (χ2n) is 15.9. The molecule has 0 aliphatic heterocycles. The van der Waals surface area contributed by atoms with E-state index in [4.69, 9.17) is 0 Å². The highest BCUT2D eigenvalue weighted by atomic mass is 79.9. The van der Waals surface area contributed by atoms with Crippen molar-refractivity contribution >= 4 is 0 Å². The van der Waals surface area contributed by atoms with Crippen molar-refractivity contribution < 1.29 is 54.0 Å². The van der Waals surface area contributed by atoms with E-state index in [1.54, 1.807) is 9.80 Å². The van der Waals surface area contributed by atoms with Crippen molar-refractivity contribution in [3.63, 3.8) is 0 Å². The maximum atomic E-state index is 10.1. The first-order chi connectivity index (χ1) is 23.0. The summed E-state index contributed by atoms with van der Waals surface area (Å²) in [5.74, 6) is 0. The van der Waals surface area contributed by atoms with Gasteiger partial charge >= 0.3 is 0 Å². The minimum Gasteiger partial charge on any atom is -1.00 e. The lowest BCUT2D eigenvalue weighted by atomic mass is 10.0. The Bertz CT molecular complexity index is 534. The number of hydrogen-bond acceptors (Lipinski definition) is 2. The SMILES string of the molecule is CCCCCCCCCCCCCCCC[NH+](CCCCC[NH+](CCCCCCCCCCCCCCCC)CC(C)O)CC(C)O.[Br-].[Br-]. The summed E-state index contributed by atoms with van der Waals surface area (Å²) in [5.41, 5.74) is 0. The summed E-state index contributed by atoms with van der Waals surface area (Å²) >= 11 is 0. The van der Waals surface area contributed by atoms with Crippen LogP contribution in [0.25, 0.3) is 0 Å². The fourth-order valence-corrected chi connectivity index (χ4v) is 7.56. The third-order valence-corrected chi connectivity index (χ3v) is 10.5. The Kier molecular flexibility index (Phi) is 49.7. The quantitative estimate of drug-likeness (QED) is 0.0715. The molecule has 300 valence electrons. The van der Waals surface area contributed by atoms with E-state index in [1.165, 1.54) is 225 Å². The first-order valence-electron chi connectivity index (χ1n) is 22.0. The Labute approximate surface area is 330 Å². The van der Waals surface area contributed by atoms with Crippen LogP contribution in [0.15, 0.2) is 0 Å². The normalized spacial score (nSPS) is 13.8. The van der Waals surface area contributed by atoms with Crippen molar-refractivity contribution in [2.24, 2.45) is 0 Å². The number of hydrogen-bond donors (Lipinski definition) is 4. The zero-order chi connectivity index (χ0) is 34.5. The van der Waals surface area contributed by atoms with Crippen molar-refractivity contribution in [1.82, 2.24) is 0 Å². The number of unbranched alkanes of at least 4 members (excludes halogenated alkanes) is 28. The van der Waals surface area contributed by atoms with Crippen LogP contribution >= 0.6 is 0 Å². The van der Waals surface area contributed by atoms with Crippen LogP contribution in [0.2, 0.25) is 0 Å². The summed E-state index contributed by atoms with van der Waals surface area (Å²) < 4.78 is 0. The zero-order valence-electron chi connectivity index (χ0n) is 34.0. The molecule has 0 aromatic rings. The van der Waals surface area contributed by atoms with E-state index in [0.717, 1.165) is 13.1 Å². The fourth-order valence-electron chi connectivity index (χ4n) is 7.56. The van der Waals surface area contributed by atoms with Gasteiger partial charge in [0.15, 0.2) is 0 Å². The van der Waals surface area contributed by atoms with Crippen LogP contribution < -0.4 is 43.8 Å². The van der Waals surface area contributed by atoms with Gasteiger partial charge in [-0.05, 0) is 58.8 Å². The molecule has 0 rings (SSSR count). The highest BCUT2D eigenvalue weighted by Crippen LogP contribution is 2.14. The van der Waals surface area contributed by atoms with E-state index in [0.29, 0.717) is 0 Å². The maximum Gasteiger partial charge on any atom is 0.103 e. The molecule has 0 aliphatic carbocycles. The van der Waals surface area contributed by atoms with E-state index < -0.39 is 0 Å². The van der Waals surface area contributed by atoms with E-state index in [-0.39, 0.29) is 46.2 Å². The Morgan fingerprint density at radius 2 is 0.469 bits per heavy atom. The first-order valence-corrected chi connectivity index (χ1v) is 22.0. The molecule has 6 heteroatoms. The van der Waals surface area contributed by atoms with Crippen LogP contribution in [0.1, 0.15) is 227 Å². The summed E-state index contributed by atoms with van der Waals surface area (Å²) in [4.78, 5) is 3.21. The molecular weight excluding hydrogens is 736 g/mol. The van der Waals surface area contributed by atoms with E-state index in [2.05, 4.69) is 13.8 Å². The molecular formula is C43H92Br2N2O2. The van der Waals surface area contributed by atoms with Crippen molar-refractivity contribution in [2.45, 2.75) is 239 Å². The Balaban J connectivity index is -0.0000106. The predicted octanol–water partition coefficient (Wildman–Crippen LogP) is 3.66. The summed E-state index contributed by atoms with van der Waals surface area (Å²) in [6, 6.07) is 0. The summed E-state index contributed by atoms with van der Waals surface area (Å²) in [6.45, 7) is 15.2. The molecule has 0 saturated carbocycles. The van der Waals surface area contributed by atoms with Crippen LogP contribution in [0.5, 0.6) is 0 Å². The predicted molar refractivity (Wildman–Crippen MR) is 209 cm³/mol. The molecule has 4 unspecified atom stereocenters. The second-order valence-corrected chi connectivity index (χ2v) is 15.9. The van der Waals surface area contributed by atoms with Gasteiger partial charge in [-0.25, -0.2) is 0 Å². The van der Waals surface area contributed by atoms with Crippen molar-refractivity contribution in [1.29, 1.82) is 0 Å². The summed E-state index contributed by atoms with van der Waals surface area (Å²) in [7, 11) is 0. The van der Waals surface area contributed by atoms with Crippen molar-refractivity contribution in [3.8, 4) is 0 Å². The van der Waals surface area contributed by atoms with Gasteiger partial charge in [0.1, 0.15) is 25.3 Å². The maximum absolute atomic E-state index is 10.1. The van der Waals surface area contributed by atoms with Gasteiger partial charge in [0, 0.05) is 0 Å². The van der Waals surface area contributed by atoms with Crippen molar-refractivity contribution in [3.05, 3.63) is 0 Å². The molecule has 0 amide bonds. The monoisotopic (exact) mass is 827 g/mol. The molecule has 0 saturated heterocycles. The topological polar surface area (TPSA) is 49.3 Å². The number of aliphatic hydroxyl groups is 2. The molecule has 0 radical (unpaired) electrons. The third-order valence-electron chi connectivity index (χ3n) is 10.5. The number of rotatable bonds is 40. The Hall–Kier alpha value is 0.800. The molecule has 0 spiro atoms. The van der Waals surface area contributed by atoms with E-state index >= 15 is 0 Å². The van der Waals surface area contributed by atoms with Crippen molar-refractivity contribution in [2.75, 3.05) is 39.3 Å². The number of nitrogens with one attached hydrogen (secondary N) is 2. The molecule has 0 aromatic carbocycles. The van der Waals surface area contributed by atoms with Crippen LogP contribution in [0.3, 0.4) is 0 Å². The largest absolute Gasteiger partial charge is 1.00 e. The smallest absolute Gasteiger partial charge is 0.103 e. The Morgan fingerprint density at radius 1 is 0.306 bits per heavy atom. The van der Waals surface area contributed by atoms with Gasteiger partial charge in [-0.2, -0.15) is 0 Å². The zero-order valence-corrected chi connectivity index (χ0v) is 37.1. The fraction of sp³-hybridized carbons (Fsp3) is 1.00. The average Bonchev–Trinajstić information content (AvgIpc) is 3.04. The first kappa shape index (κ1) is 54.1. The van der Waals surface area contributed by atoms with Crippen LogP contribution in [0.4, 0.5) is 0 Å². The average molecular weight is 829 g/mol. The molecule has 4 atom stereocenters. The van der Waals surface area contributed by atoms with Crippen LogP contribution in [-0.4, -0.2) is 61.7 Å². The molecule has 0 fully saturated rings. The van der Waals surface area contributed by atoms with Gasteiger partial charge in [-0.15, -0.1) is 0 Å². The number of aliphatic hydroxyl groups excluding tert-OH is 2. The summed E-state index contributed by atoms with van der Waals surface area (Å²) in [5, 5.41) is 20.1. The highest BCUT2D eigenvalue weighted by Gasteiger charge is 2.14. The van der Waals surface area contributed by atoms with Gasteiger partial charge in [0.05, 0.1) is 26.2 Å². The molecule has 0 aromatic heterocycles. The van der Waals surface area contributed by atoms with Gasteiger partial charge < -0.3 is 54.0 Å². The third kappa shape index (κ3) is 44.9. The van der Waals surface area contributed by atoms with Gasteiger partial charge in [-0.3, -0.25) is 0 Å². The van der Waals surface area contributed by atoms with Gasteiger partial charge in [0.2, 0.25) is 0 Å². The lowest BCUT2D eigenvalue weighted by molar-refractivity contribution is -0.905. The van der Waals surface area contributed by atoms with E-state index in [9.17, 15) is 10.2 Å². The molecule has 4 nitrogen and oxygen atoms in total. The number of halogens is 2. The standard InChI is InChI=1S/C43H90N2O2.2BrH/c1-5-7-9-11-13-15-17-19-21-23-25-27-29-32-36-44(40-42(3)46)38-34-31-35-39-45(41-43(4)47)37-33-30-28-26-24-22-20-18-16-14-12-10-8-6-2;;/h42-43,46-47H,5-41H2,1-4H3;2*1H. The molecule has 4 N–H and O–H groups in total. The summed E-state index contributed by atoms with van der Waals surface area (Å²) in [6.07, 6.45) is 43.0. The van der Waals surface area contributed by atoms with Crippen LogP contribution in [0, 0.1) is 0 Å². The van der Waals surface area contributed by atoms with Gasteiger partial charge in [-0.1, -0.05) is 168 Å². The second kappa shape index (κ2) is 45.0. The highest BCUT2D eigenvalue weighted by molar-refractivity contribution is 4.52. The number of quaternary nitrogens is 2. The lowest BCUT2D eigenvalue weighted by Gasteiger charge is -2.22. The molecule has 0 aliphatic rings. The molecule has 49 heavy (non-hydrogen) atoms. The Morgan fingerprint density at radius 3 is 0.653 bits per heavy atom. The molecule has 0 heterocycles. The van der Waals surface area contributed by atoms with Gasteiger partial charge in [0.25, 0.3) is 0 Å².